The number of hydrogen-bond acceptors (Lipinski definition) is 2. The summed E-state index contributed by atoms with van der Waals surface area (Å²) in [6.07, 6.45) is 0. The summed E-state index contributed by atoms with van der Waals surface area (Å²) < 4.78 is 27.4. The van der Waals surface area contributed by atoms with Gasteiger partial charge in [0.25, 0.3) is 5.92 Å². The maximum Gasteiger partial charge on any atom is 0.327 e. The fourth-order valence-electron chi connectivity index (χ4n) is 1.54. The lowest BCUT2D eigenvalue weighted by Crippen LogP contribution is -2.52. The first-order valence-electron chi connectivity index (χ1n) is 5.73. The number of rotatable bonds is 6. The van der Waals surface area contributed by atoms with Crippen molar-refractivity contribution in [2.75, 3.05) is 0 Å². The lowest BCUT2D eigenvalue weighted by molar-refractivity contribution is -0.156. The summed E-state index contributed by atoms with van der Waals surface area (Å²) >= 11 is 0. The minimum Gasteiger partial charge on any atom is -0.480 e. The molecule has 0 saturated carbocycles. The predicted octanol–water partition coefficient (Wildman–Crippen LogP) is 2.52. The van der Waals surface area contributed by atoms with Crippen LogP contribution in [0.5, 0.6) is 0 Å². The first-order chi connectivity index (χ1) is 8.35. The topological polar surface area (TPSA) is 49.3 Å². The van der Waals surface area contributed by atoms with E-state index in [2.05, 4.69) is 5.32 Å². The van der Waals surface area contributed by atoms with Gasteiger partial charge < -0.3 is 5.11 Å². The third-order valence-electron chi connectivity index (χ3n) is 2.75. The van der Waals surface area contributed by atoms with Gasteiger partial charge in [0.2, 0.25) is 0 Å². The van der Waals surface area contributed by atoms with Gasteiger partial charge in [0.05, 0.1) is 0 Å². The zero-order valence-electron chi connectivity index (χ0n) is 10.4. The molecule has 0 aliphatic heterocycles. The van der Waals surface area contributed by atoms with Gasteiger partial charge in [-0.1, -0.05) is 44.2 Å². The van der Waals surface area contributed by atoms with E-state index in [0.29, 0.717) is 0 Å². The molecule has 0 aliphatic carbocycles. The Kier molecular flexibility index (Phi) is 4.78. The van der Waals surface area contributed by atoms with Crippen LogP contribution in [0, 0.1) is 5.92 Å². The van der Waals surface area contributed by atoms with Gasteiger partial charge in [-0.15, -0.1) is 0 Å². The van der Waals surface area contributed by atoms with Crippen LogP contribution in [-0.4, -0.2) is 23.0 Å². The molecular formula is C13H17F2NO2. The molecule has 0 fully saturated rings. The first-order valence-corrected chi connectivity index (χ1v) is 5.73. The number of carbonyl (C=O) groups is 1. The van der Waals surface area contributed by atoms with Crippen molar-refractivity contribution in [3.63, 3.8) is 0 Å². The maximum absolute atomic E-state index is 13.7. The Labute approximate surface area is 105 Å². The van der Waals surface area contributed by atoms with Crippen molar-refractivity contribution in [3.05, 3.63) is 35.9 Å². The van der Waals surface area contributed by atoms with Crippen LogP contribution in [0.3, 0.4) is 0 Å². The number of hydrogen-bond donors (Lipinski definition) is 2. The van der Waals surface area contributed by atoms with E-state index in [9.17, 15) is 13.6 Å². The third-order valence-corrected chi connectivity index (χ3v) is 2.75. The normalized spacial score (nSPS) is 13.6. The van der Waals surface area contributed by atoms with Gasteiger partial charge in [-0.2, -0.15) is 0 Å². The molecule has 1 unspecified atom stereocenters. The van der Waals surface area contributed by atoms with Gasteiger partial charge in [-0.05, 0) is 5.56 Å². The van der Waals surface area contributed by atoms with Crippen molar-refractivity contribution in [3.8, 4) is 0 Å². The number of alkyl halides is 2. The van der Waals surface area contributed by atoms with E-state index >= 15 is 0 Å². The van der Waals surface area contributed by atoms with E-state index in [0.717, 1.165) is 5.56 Å². The highest BCUT2D eigenvalue weighted by Crippen LogP contribution is 2.28. The van der Waals surface area contributed by atoms with E-state index in [-0.39, 0.29) is 6.54 Å². The van der Waals surface area contributed by atoms with E-state index in [1.54, 1.807) is 30.3 Å². The number of nitrogens with one attached hydrogen (secondary N) is 1. The van der Waals surface area contributed by atoms with Gasteiger partial charge in [0.1, 0.15) is 0 Å². The number of carboxylic acid groups (broad SMARTS) is 1. The molecule has 0 heterocycles. The van der Waals surface area contributed by atoms with Crippen molar-refractivity contribution >= 4 is 5.97 Å². The summed E-state index contributed by atoms with van der Waals surface area (Å²) in [6.45, 7) is 2.71. The molecule has 100 valence electrons. The minimum absolute atomic E-state index is 0.0973. The summed E-state index contributed by atoms with van der Waals surface area (Å²) in [5.41, 5.74) is 0.767. The SMILES string of the molecule is CC(C)C(F)(F)C(NCc1ccccc1)C(=O)O. The van der Waals surface area contributed by atoms with E-state index in [4.69, 9.17) is 5.11 Å². The van der Waals surface area contributed by atoms with E-state index < -0.39 is 23.9 Å². The molecule has 0 spiro atoms. The fraction of sp³-hybridized carbons (Fsp3) is 0.462. The van der Waals surface area contributed by atoms with Crippen LogP contribution in [-0.2, 0) is 11.3 Å². The van der Waals surface area contributed by atoms with Crippen LogP contribution >= 0.6 is 0 Å². The lowest BCUT2D eigenvalue weighted by atomic mass is 9.98. The minimum atomic E-state index is -3.29. The first kappa shape index (κ1) is 14.6. The number of halogens is 2. The molecule has 0 amide bonds. The molecule has 18 heavy (non-hydrogen) atoms. The Morgan fingerprint density at radius 2 is 1.89 bits per heavy atom. The lowest BCUT2D eigenvalue weighted by Gasteiger charge is -2.27. The standard InChI is InChI=1S/C13H17F2NO2/c1-9(2)13(14,15)11(12(17)18)16-8-10-6-4-3-5-7-10/h3-7,9,11,16H,8H2,1-2H3,(H,17,18). The molecule has 0 radical (unpaired) electrons. The molecule has 1 aromatic carbocycles. The Bertz CT molecular complexity index is 393. The Hall–Kier alpha value is -1.49. The monoisotopic (exact) mass is 257 g/mol. The average Bonchev–Trinajstić information content (AvgIpc) is 2.29. The molecule has 1 rings (SSSR count). The molecule has 0 aromatic heterocycles. The number of benzene rings is 1. The number of aliphatic carboxylic acids is 1. The molecule has 2 N–H and O–H groups in total. The van der Waals surface area contributed by atoms with Crippen molar-refractivity contribution in [1.82, 2.24) is 5.32 Å². The Morgan fingerprint density at radius 1 is 1.33 bits per heavy atom. The van der Waals surface area contributed by atoms with Crippen molar-refractivity contribution in [1.29, 1.82) is 0 Å². The van der Waals surface area contributed by atoms with Crippen molar-refractivity contribution in [2.45, 2.75) is 32.4 Å². The van der Waals surface area contributed by atoms with E-state index in [1.165, 1.54) is 13.8 Å². The van der Waals surface area contributed by atoms with Gasteiger partial charge in [0.15, 0.2) is 6.04 Å². The Morgan fingerprint density at radius 3 is 2.33 bits per heavy atom. The van der Waals surface area contributed by atoms with Crippen molar-refractivity contribution < 1.29 is 18.7 Å². The smallest absolute Gasteiger partial charge is 0.327 e. The molecule has 0 bridgehead atoms. The molecule has 5 heteroatoms. The summed E-state index contributed by atoms with van der Waals surface area (Å²) in [7, 11) is 0. The molecular weight excluding hydrogens is 240 g/mol. The van der Waals surface area contributed by atoms with Gasteiger partial charge in [-0.3, -0.25) is 10.1 Å². The summed E-state index contributed by atoms with van der Waals surface area (Å²) in [6, 6.07) is 6.97. The predicted molar refractivity (Wildman–Crippen MR) is 64.5 cm³/mol. The highest BCUT2D eigenvalue weighted by molar-refractivity contribution is 5.74. The van der Waals surface area contributed by atoms with Crippen LogP contribution in [0.15, 0.2) is 30.3 Å². The van der Waals surface area contributed by atoms with Gasteiger partial charge in [0, 0.05) is 12.5 Å². The second kappa shape index (κ2) is 5.91. The zero-order valence-corrected chi connectivity index (χ0v) is 10.4. The van der Waals surface area contributed by atoms with Crippen LogP contribution < -0.4 is 5.32 Å². The zero-order chi connectivity index (χ0) is 13.8. The molecule has 0 aliphatic rings. The Balaban J connectivity index is 2.74. The van der Waals surface area contributed by atoms with E-state index in [1.807, 2.05) is 0 Å². The highest BCUT2D eigenvalue weighted by Gasteiger charge is 2.46. The fourth-order valence-corrected chi connectivity index (χ4v) is 1.54. The van der Waals surface area contributed by atoms with Crippen LogP contribution in [0.1, 0.15) is 19.4 Å². The van der Waals surface area contributed by atoms with Gasteiger partial charge >= 0.3 is 5.97 Å². The molecule has 0 saturated heterocycles. The van der Waals surface area contributed by atoms with Crippen LogP contribution in [0.4, 0.5) is 8.78 Å². The number of carboxylic acids is 1. The second-order valence-electron chi connectivity index (χ2n) is 4.47. The molecule has 1 aromatic rings. The average molecular weight is 257 g/mol. The second-order valence-corrected chi connectivity index (χ2v) is 4.47. The van der Waals surface area contributed by atoms with Crippen molar-refractivity contribution in [2.24, 2.45) is 5.92 Å². The quantitative estimate of drug-likeness (QED) is 0.823. The largest absolute Gasteiger partial charge is 0.480 e. The van der Waals surface area contributed by atoms with Crippen LogP contribution in [0.2, 0.25) is 0 Å². The van der Waals surface area contributed by atoms with Crippen LogP contribution in [0.25, 0.3) is 0 Å². The molecule has 1 atom stereocenters. The summed E-state index contributed by atoms with van der Waals surface area (Å²) in [5.74, 6) is -5.87. The highest BCUT2D eigenvalue weighted by atomic mass is 19.3. The third kappa shape index (κ3) is 3.50. The summed E-state index contributed by atoms with van der Waals surface area (Å²) in [5, 5.41) is 11.3. The molecule has 3 nitrogen and oxygen atoms in total. The van der Waals surface area contributed by atoms with Gasteiger partial charge in [-0.25, -0.2) is 8.78 Å². The maximum atomic E-state index is 13.7. The summed E-state index contributed by atoms with van der Waals surface area (Å²) in [4.78, 5) is 10.9.